The minimum atomic E-state index is -0.543. The maximum absolute atomic E-state index is 12.0. The van der Waals surface area contributed by atoms with E-state index in [4.69, 9.17) is 0 Å². The third-order valence-corrected chi connectivity index (χ3v) is 2.71. The van der Waals surface area contributed by atoms with E-state index in [0.717, 1.165) is 5.56 Å². The first-order valence-electron chi connectivity index (χ1n) is 5.83. The number of hydrogen-bond donors (Lipinski definition) is 2. The zero-order chi connectivity index (χ0) is 14.7. The summed E-state index contributed by atoms with van der Waals surface area (Å²) in [4.78, 5) is 22.1. The number of nitro groups is 1. The Balaban J connectivity index is 2.23. The van der Waals surface area contributed by atoms with Crippen LogP contribution in [0.3, 0.4) is 0 Å². The van der Waals surface area contributed by atoms with Crippen LogP contribution >= 0.6 is 0 Å². The first-order valence-corrected chi connectivity index (χ1v) is 5.83. The van der Waals surface area contributed by atoms with E-state index in [1.807, 2.05) is 0 Å². The SMILES string of the molecule is Cc1ccc(C(=O)Nc2cccc([N+](=O)[O-])c2)c(O)c1. The Morgan fingerprint density at radius 3 is 2.65 bits per heavy atom. The van der Waals surface area contributed by atoms with Gasteiger partial charge in [-0.3, -0.25) is 14.9 Å². The molecule has 1 amide bonds. The van der Waals surface area contributed by atoms with Gasteiger partial charge in [0.1, 0.15) is 5.75 Å². The van der Waals surface area contributed by atoms with Crippen LogP contribution in [0.5, 0.6) is 5.75 Å². The molecule has 0 atom stereocenters. The number of phenols is 1. The molecular weight excluding hydrogens is 260 g/mol. The Hall–Kier alpha value is -2.89. The van der Waals surface area contributed by atoms with Gasteiger partial charge in [0.15, 0.2) is 0 Å². The predicted octanol–water partition coefficient (Wildman–Crippen LogP) is 2.86. The maximum atomic E-state index is 12.0. The highest BCUT2D eigenvalue weighted by molar-refractivity contribution is 6.06. The van der Waals surface area contributed by atoms with Crippen molar-refractivity contribution in [1.29, 1.82) is 0 Å². The van der Waals surface area contributed by atoms with Crippen molar-refractivity contribution in [2.24, 2.45) is 0 Å². The van der Waals surface area contributed by atoms with E-state index in [9.17, 15) is 20.0 Å². The number of benzene rings is 2. The molecule has 0 aromatic heterocycles. The Morgan fingerprint density at radius 1 is 1.25 bits per heavy atom. The van der Waals surface area contributed by atoms with Crippen molar-refractivity contribution in [3.05, 3.63) is 63.7 Å². The van der Waals surface area contributed by atoms with E-state index in [1.165, 1.54) is 36.4 Å². The number of anilines is 1. The van der Waals surface area contributed by atoms with Crippen LogP contribution in [0.2, 0.25) is 0 Å². The number of amides is 1. The Labute approximate surface area is 114 Å². The number of carbonyl (C=O) groups is 1. The first-order chi connectivity index (χ1) is 9.47. The van der Waals surface area contributed by atoms with Crippen LogP contribution in [0, 0.1) is 17.0 Å². The number of nitro benzene ring substituents is 1. The highest BCUT2D eigenvalue weighted by Gasteiger charge is 2.13. The fourth-order valence-corrected chi connectivity index (χ4v) is 1.73. The number of rotatable bonds is 3. The minimum Gasteiger partial charge on any atom is -0.507 e. The van der Waals surface area contributed by atoms with Crippen molar-refractivity contribution in [2.45, 2.75) is 6.92 Å². The van der Waals surface area contributed by atoms with Gasteiger partial charge in [-0.25, -0.2) is 0 Å². The molecule has 20 heavy (non-hydrogen) atoms. The molecule has 6 heteroatoms. The summed E-state index contributed by atoms with van der Waals surface area (Å²) in [6, 6.07) is 10.3. The second-order valence-electron chi connectivity index (χ2n) is 4.28. The molecule has 2 rings (SSSR count). The number of phenolic OH excluding ortho intramolecular Hbond substituents is 1. The van der Waals surface area contributed by atoms with E-state index in [-0.39, 0.29) is 17.0 Å². The smallest absolute Gasteiger partial charge is 0.271 e. The Kier molecular flexibility index (Phi) is 3.65. The van der Waals surface area contributed by atoms with Gasteiger partial charge in [0.25, 0.3) is 11.6 Å². The molecule has 2 aromatic carbocycles. The van der Waals surface area contributed by atoms with Gasteiger partial charge in [-0.2, -0.15) is 0 Å². The summed E-state index contributed by atoms with van der Waals surface area (Å²) in [6.45, 7) is 1.79. The molecule has 102 valence electrons. The van der Waals surface area contributed by atoms with Gasteiger partial charge in [0.2, 0.25) is 0 Å². The van der Waals surface area contributed by atoms with Gasteiger partial charge in [0, 0.05) is 17.8 Å². The zero-order valence-electron chi connectivity index (χ0n) is 10.7. The molecule has 0 aliphatic rings. The lowest BCUT2D eigenvalue weighted by molar-refractivity contribution is -0.384. The summed E-state index contributed by atoms with van der Waals surface area (Å²) in [7, 11) is 0. The maximum Gasteiger partial charge on any atom is 0.271 e. The Bertz CT molecular complexity index is 683. The van der Waals surface area contributed by atoms with Gasteiger partial charge < -0.3 is 10.4 Å². The van der Waals surface area contributed by atoms with E-state index < -0.39 is 10.8 Å². The predicted molar refractivity (Wildman–Crippen MR) is 73.9 cm³/mol. The molecular formula is C14H12N2O4. The van der Waals surface area contributed by atoms with Crippen LogP contribution in [0.25, 0.3) is 0 Å². The Morgan fingerprint density at radius 2 is 2.00 bits per heavy atom. The number of nitrogens with one attached hydrogen (secondary N) is 1. The number of nitrogens with zero attached hydrogens (tertiary/aromatic N) is 1. The molecule has 0 radical (unpaired) electrons. The van der Waals surface area contributed by atoms with Crippen molar-refractivity contribution in [3.8, 4) is 5.75 Å². The third kappa shape index (κ3) is 2.92. The van der Waals surface area contributed by atoms with Crippen molar-refractivity contribution >= 4 is 17.3 Å². The van der Waals surface area contributed by atoms with Gasteiger partial charge >= 0.3 is 0 Å². The summed E-state index contributed by atoms with van der Waals surface area (Å²) < 4.78 is 0. The fraction of sp³-hybridized carbons (Fsp3) is 0.0714. The van der Waals surface area contributed by atoms with Crippen LogP contribution in [0.1, 0.15) is 15.9 Å². The number of carbonyl (C=O) groups excluding carboxylic acids is 1. The highest BCUT2D eigenvalue weighted by atomic mass is 16.6. The molecule has 0 saturated carbocycles. The summed E-state index contributed by atoms with van der Waals surface area (Å²) >= 11 is 0. The highest BCUT2D eigenvalue weighted by Crippen LogP contribution is 2.21. The molecule has 0 unspecified atom stereocenters. The van der Waals surface area contributed by atoms with Crippen molar-refractivity contribution in [2.75, 3.05) is 5.32 Å². The lowest BCUT2D eigenvalue weighted by Crippen LogP contribution is -2.12. The third-order valence-electron chi connectivity index (χ3n) is 2.71. The van der Waals surface area contributed by atoms with Crippen molar-refractivity contribution < 1.29 is 14.8 Å². The molecule has 0 spiro atoms. The standard InChI is InChI=1S/C14H12N2O4/c1-9-5-6-12(13(17)7-9)14(18)15-10-3-2-4-11(8-10)16(19)20/h2-8,17H,1H3,(H,15,18). The van der Waals surface area contributed by atoms with E-state index in [2.05, 4.69) is 5.32 Å². The van der Waals surface area contributed by atoms with Gasteiger partial charge in [0.05, 0.1) is 10.5 Å². The first kappa shape index (κ1) is 13.5. The van der Waals surface area contributed by atoms with Crippen molar-refractivity contribution in [1.82, 2.24) is 0 Å². The number of hydrogen-bond acceptors (Lipinski definition) is 4. The second-order valence-corrected chi connectivity index (χ2v) is 4.28. The fourth-order valence-electron chi connectivity index (χ4n) is 1.73. The van der Waals surface area contributed by atoms with Crippen molar-refractivity contribution in [3.63, 3.8) is 0 Å². The topological polar surface area (TPSA) is 92.5 Å². The second kappa shape index (κ2) is 5.40. The molecule has 0 saturated heterocycles. The number of non-ortho nitro benzene ring substituents is 1. The molecule has 6 nitrogen and oxygen atoms in total. The minimum absolute atomic E-state index is 0.113. The normalized spacial score (nSPS) is 10.1. The summed E-state index contributed by atoms with van der Waals surface area (Å²) in [5.74, 6) is -0.657. The average molecular weight is 272 g/mol. The van der Waals surface area contributed by atoms with Gasteiger partial charge in [-0.05, 0) is 30.7 Å². The van der Waals surface area contributed by atoms with Crippen LogP contribution in [-0.2, 0) is 0 Å². The van der Waals surface area contributed by atoms with E-state index in [0.29, 0.717) is 5.69 Å². The quantitative estimate of drug-likeness (QED) is 0.663. The molecule has 0 aliphatic heterocycles. The molecule has 0 bridgehead atoms. The molecule has 0 aliphatic carbocycles. The summed E-state index contributed by atoms with van der Waals surface area (Å²) in [5, 5.41) is 22.9. The van der Waals surface area contributed by atoms with Crippen LogP contribution in [0.15, 0.2) is 42.5 Å². The van der Waals surface area contributed by atoms with Crippen LogP contribution in [-0.4, -0.2) is 15.9 Å². The lowest BCUT2D eigenvalue weighted by Gasteiger charge is -2.07. The van der Waals surface area contributed by atoms with Gasteiger partial charge in [-0.1, -0.05) is 12.1 Å². The van der Waals surface area contributed by atoms with E-state index >= 15 is 0 Å². The van der Waals surface area contributed by atoms with Gasteiger partial charge in [-0.15, -0.1) is 0 Å². The molecule has 2 N–H and O–H groups in total. The summed E-state index contributed by atoms with van der Waals surface area (Å²) in [6.07, 6.45) is 0. The summed E-state index contributed by atoms with van der Waals surface area (Å²) in [5.41, 5.74) is 1.12. The zero-order valence-corrected chi connectivity index (χ0v) is 10.7. The average Bonchev–Trinajstić information content (AvgIpc) is 2.38. The number of aryl methyl sites for hydroxylation is 1. The largest absolute Gasteiger partial charge is 0.507 e. The molecule has 2 aromatic rings. The van der Waals surface area contributed by atoms with Crippen LogP contribution < -0.4 is 5.32 Å². The molecule has 0 heterocycles. The van der Waals surface area contributed by atoms with Crippen LogP contribution in [0.4, 0.5) is 11.4 Å². The lowest BCUT2D eigenvalue weighted by atomic mass is 10.1. The van der Waals surface area contributed by atoms with E-state index in [1.54, 1.807) is 13.0 Å². The monoisotopic (exact) mass is 272 g/mol. The number of aromatic hydroxyl groups is 1. The molecule has 0 fully saturated rings.